The Hall–Kier alpha value is -2.25. The molecule has 0 bridgehead atoms. The number of aromatic amines is 1. The number of imidazole rings is 1. The van der Waals surface area contributed by atoms with E-state index in [0.717, 1.165) is 25.0 Å². The van der Waals surface area contributed by atoms with E-state index in [9.17, 15) is 22.8 Å². The average molecular weight is 356 g/mol. The number of alkyl halides is 3. The second kappa shape index (κ2) is 6.57. The summed E-state index contributed by atoms with van der Waals surface area (Å²) in [6.07, 6.45) is -1.65. The minimum absolute atomic E-state index is 0.127. The number of methoxy groups -OCH3 is 1. The topological polar surface area (TPSA) is 64.1 Å². The molecule has 3 rings (SSSR count). The Bertz CT molecular complexity index is 830. The van der Waals surface area contributed by atoms with Crippen LogP contribution >= 0.6 is 0 Å². The Morgan fingerprint density at radius 3 is 2.56 bits per heavy atom. The lowest BCUT2D eigenvalue weighted by atomic mass is 9.82. The Balaban J connectivity index is 1.81. The molecule has 1 aromatic carbocycles. The molecule has 0 aliphatic heterocycles. The van der Waals surface area contributed by atoms with E-state index in [2.05, 4.69) is 4.98 Å². The van der Waals surface area contributed by atoms with Gasteiger partial charge in [-0.05, 0) is 49.8 Å². The number of ether oxygens (including phenoxy) is 1. The van der Waals surface area contributed by atoms with E-state index in [1.807, 2.05) is 0 Å². The molecule has 1 aliphatic rings. The lowest BCUT2D eigenvalue weighted by Gasteiger charge is -2.27. The van der Waals surface area contributed by atoms with Crippen molar-refractivity contribution in [3.8, 4) is 0 Å². The third-order valence-electron chi connectivity index (χ3n) is 4.92. The van der Waals surface area contributed by atoms with Crippen molar-refractivity contribution in [2.45, 2.75) is 38.4 Å². The van der Waals surface area contributed by atoms with Crippen molar-refractivity contribution in [1.82, 2.24) is 9.55 Å². The van der Waals surface area contributed by atoms with Crippen molar-refractivity contribution in [3.05, 3.63) is 34.2 Å². The van der Waals surface area contributed by atoms with Gasteiger partial charge >= 0.3 is 17.8 Å². The van der Waals surface area contributed by atoms with Crippen LogP contribution in [0.5, 0.6) is 0 Å². The number of fused-ring (bicyclic) bond motifs is 1. The van der Waals surface area contributed by atoms with Crippen molar-refractivity contribution in [2.75, 3.05) is 7.11 Å². The van der Waals surface area contributed by atoms with Crippen molar-refractivity contribution in [1.29, 1.82) is 0 Å². The number of hydrogen-bond donors (Lipinski definition) is 1. The van der Waals surface area contributed by atoms with Gasteiger partial charge in [-0.3, -0.25) is 9.36 Å². The number of aromatic nitrogens is 2. The summed E-state index contributed by atoms with van der Waals surface area (Å²) >= 11 is 0. The van der Waals surface area contributed by atoms with E-state index in [1.165, 1.54) is 17.7 Å². The molecule has 1 aromatic heterocycles. The number of carbonyl (C=O) groups excluding carboxylic acids is 1. The number of esters is 1. The fourth-order valence-corrected chi connectivity index (χ4v) is 3.52. The minimum atomic E-state index is -4.45. The van der Waals surface area contributed by atoms with Crippen LogP contribution in [-0.2, 0) is 22.3 Å². The molecule has 1 fully saturated rings. The summed E-state index contributed by atoms with van der Waals surface area (Å²) < 4.78 is 44.9. The highest BCUT2D eigenvalue weighted by Gasteiger charge is 2.31. The third kappa shape index (κ3) is 3.57. The summed E-state index contributed by atoms with van der Waals surface area (Å²) in [4.78, 5) is 26.3. The molecule has 5 nitrogen and oxygen atoms in total. The van der Waals surface area contributed by atoms with Gasteiger partial charge in [-0.25, -0.2) is 4.79 Å². The molecule has 1 heterocycles. The summed E-state index contributed by atoms with van der Waals surface area (Å²) in [7, 11) is 1.36. The Kier molecular flexibility index (Phi) is 4.62. The van der Waals surface area contributed by atoms with Crippen molar-refractivity contribution >= 4 is 17.0 Å². The van der Waals surface area contributed by atoms with Gasteiger partial charge in [0.25, 0.3) is 0 Å². The molecule has 136 valence electrons. The number of rotatable bonds is 3. The zero-order valence-corrected chi connectivity index (χ0v) is 13.7. The van der Waals surface area contributed by atoms with Gasteiger partial charge in [-0.2, -0.15) is 13.2 Å². The first-order valence-electron chi connectivity index (χ1n) is 8.17. The highest BCUT2D eigenvalue weighted by Crippen LogP contribution is 2.33. The molecule has 1 saturated carbocycles. The molecule has 25 heavy (non-hydrogen) atoms. The Morgan fingerprint density at radius 2 is 1.96 bits per heavy atom. The fraction of sp³-hybridized carbons (Fsp3) is 0.529. The van der Waals surface area contributed by atoms with E-state index >= 15 is 0 Å². The maximum atomic E-state index is 12.9. The van der Waals surface area contributed by atoms with Crippen molar-refractivity contribution in [3.63, 3.8) is 0 Å². The van der Waals surface area contributed by atoms with Gasteiger partial charge in [-0.1, -0.05) is 0 Å². The van der Waals surface area contributed by atoms with E-state index in [4.69, 9.17) is 4.74 Å². The predicted molar refractivity (Wildman–Crippen MR) is 85.0 cm³/mol. The van der Waals surface area contributed by atoms with Gasteiger partial charge in [-0.15, -0.1) is 0 Å². The molecular weight excluding hydrogens is 337 g/mol. The molecule has 0 saturated heterocycles. The van der Waals surface area contributed by atoms with Crippen LogP contribution in [0.25, 0.3) is 11.0 Å². The van der Waals surface area contributed by atoms with Gasteiger partial charge in [0.2, 0.25) is 0 Å². The van der Waals surface area contributed by atoms with Gasteiger partial charge < -0.3 is 9.72 Å². The summed E-state index contributed by atoms with van der Waals surface area (Å²) in [6, 6.07) is 3.25. The number of nitrogens with one attached hydrogen (secondary N) is 1. The van der Waals surface area contributed by atoms with Crippen LogP contribution in [0.3, 0.4) is 0 Å². The molecule has 1 aliphatic carbocycles. The van der Waals surface area contributed by atoms with Gasteiger partial charge in [0, 0.05) is 6.54 Å². The van der Waals surface area contributed by atoms with Crippen molar-refractivity contribution < 1.29 is 22.7 Å². The molecule has 0 unspecified atom stereocenters. The first-order valence-corrected chi connectivity index (χ1v) is 8.17. The highest BCUT2D eigenvalue weighted by atomic mass is 19.4. The van der Waals surface area contributed by atoms with Crippen LogP contribution in [-0.4, -0.2) is 22.6 Å². The van der Waals surface area contributed by atoms with E-state index in [0.29, 0.717) is 24.9 Å². The van der Waals surface area contributed by atoms with Gasteiger partial charge in [0.05, 0.1) is 29.6 Å². The maximum Gasteiger partial charge on any atom is 0.416 e. The number of hydrogen-bond acceptors (Lipinski definition) is 3. The maximum absolute atomic E-state index is 12.9. The van der Waals surface area contributed by atoms with Crippen LogP contribution in [0.15, 0.2) is 23.0 Å². The third-order valence-corrected chi connectivity index (χ3v) is 4.92. The molecule has 0 radical (unpaired) electrons. The predicted octanol–water partition coefficient (Wildman–Crippen LogP) is 3.33. The number of benzene rings is 1. The molecule has 0 atom stereocenters. The minimum Gasteiger partial charge on any atom is -0.469 e. The SMILES string of the molecule is COC(=O)[C@H]1CC[C@H](Cn2c(=O)[nH]c3ccc(C(F)(F)F)cc32)CC1. The van der Waals surface area contributed by atoms with Crippen LogP contribution in [0.2, 0.25) is 0 Å². The Labute approximate surface area is 141 Å². The number of halogens is 3. The zero-order valence-electron chi connectivity index (χ0n) is 13.7. The highest BCUT2D eigenvalue weighted by molar-refractivity contribution is 5.76. The standard InChI is InChI=1S/C17H19F3N2O3/c1-25-15(23)11-4-2-10(3-5-11)9-22-14-8-12(17(18,19)20)6-7-13(14)21-16(22)24/h6-8,10-11H,2-5,9H2,1H3,(H,21,24)/t10-,11-. The first kappa shape index (κ1) is 17.6. The summed E-state index contributed by atoms with van der Waals surface area (Å²) in [6.45, 7) is 0.341. The van der Waals surface area contributed by atoms with Crippen LogP contribution in [0, 0.1) is 11.8 Å². The summed E-state index contributed by atoms with van der Waals surface area (Å²) in [5, 5.41) is 0. The normalized spacial score (nSPS) is 21.4. The molecule has 8 heteroatoms. The molecule has 0 amide bonds. The zero-order chi connectivity index (χ0) is 18.2. The van der Waals surface area contributed by atoms with Gasteiger partial charge in [0.1, 0.15) is 0 Å². The number of carbonyl (C=O) groups is 1. The molecule has 1 N–H and O–H groups in total. The van der Waals surface area contributed by atoms with E-state index in [-0.39, 0.29) is 23.3 Å². The quantitative estimate of drug-likeness (QED) is 0.858. The van der Waals surface area contributed by atoms with Crippen molar-refractivity contribution in [2.24, 2.45) is 11.8 Å². The first-order chi connectivity index (χ1) is 11.8. The van der Waals surface area contributed by atoms with Crippen LogP contribution in [0.4, 0.5) is 13.2 Å². The summed E-state index contributed by atoms with van der Waals surface area (Å²) in [5.41, 5.74) is -0.539. The smallest absolute Gasteiger partial charge is 0.416 e. The number of nitrogens with zero attached hydrogens (tertiary/aromatic N) is 1. The Morgan fingerprint density at radius 1 is 1.28 bits per heavy atom. The van der Waals surface area contributed by atoms with Crippen LogP contribution < -0.4 is 5.69 Å². The molecule has 0 spiro atoms. The monoisotopic (exact) mass is 356 g/mol. The average Bonchev–Trinajstić information content (AvgIpc) is 2.89. The van der Waals surface area contributed by atoms with Gasteiger partial charge in [0.15, 0.2) is 0 Å². The molecule has 2 aromatic rings. The molecular formula is C17H19F3N2O3. The number of H-pyrrole nitrogens is 1. The lowest BCUT2D eigenvalue weighted by molar-refractivity contribution is -0.146. The lowest BCUT2D eigenvalue weighted by Crippen LogP contribution is -2.27. The van der Waals surface area contributed by atoms with Crippen LogP contribution in [0.1, 0.15) is 31.2 Å². The summed E-state index contributed by atoms with van der Waals surface area (Å²) in [5.74, 6) is -0.206. The second-order valence-electron chi connectivity index (χ2n) is 6.51. The van der Waals surface area contributed by atoms with E-state index < -0.39 is 17.4 Å². The second-order valence-corrected chi connectivity index (χ2v) is 6.51. The fourth-order valence-electron chi connectivity index (χ4n) is 3.52. The largest absolute Gasteiger partial charge is 0.469 e. The van der Waals surface area contributed by atoms with E-state index in [1.54, 1.807) is 0 Å².